The largest absolute Gasteiger partial charge is 0.480 e. The molecular weight excluding hydrogens is 625 g/mol. The van der Waals surface area contributed by atoms with E-state index in [1.807, 2.05) is 73.8 Å². The standard InChI is InChI=1S/C39H34N2O6S/c1-26-3-9-29(10-4-26)30-11-13-32(14-12-30)39(46)47-34-19-5-28(6-20-34)24-41(25-37(43)44)38(45)31-15-17-33(18-16-31)40-36(42)23-27-7-21-35(48-2)22-8-27/h3-22H,23-25H2,1-2H3,(H,40,42)(H,43,44). The van der Waals surface area contributed by atoms with E-state index in [4.69, 9.17) is 4.74 Å². The summed E-state index contributed by atoms with van der Waals surface area (Å²) in [6.07, 6.45) is 2.20. The molecule has 0 fully saturated rings. The lowest BCUT2D eigenvalue weighted by Crippen LogP contribution is -2.35. The van der Waals surface area contributed by atoms with E-state index in [-0.39, 0.29) is 24.4 Å². The van der Waals surface area contributed by atoms with Gasteiger partial charge in [-0.15, -0.1) is 11.8 Å². The molecule has 0 aromatic heterocycles. The van der Waals surface area contributed by atoms with E-state index in [0.29, 0.717) is 22.6 Å². The van der Waals surface area contributed by atoms with Gasteiger partial charge in [0.15, 0.2) is 0 Å². The van der Waals surface area contributed by atoms with Crippen molar-refractivity contribution in [1.82, 2.24) is 4.90 Å². The summed E-state index contributed by atoms with van der Waals surface area (Å²) in [4.78, 5) is 52.6. The van der Waals surface area contributed by atoms with Crippen LogP contribution in [0.25, 0.3) is 11.1 Å². The molecule has 2 amide bonds. The maximum absolute atomic E-state index is 13.3. The van der Waals surface area contributed by atoms with E-state index in [0.717, 1.165) is 21.6 Å². The third-order valence-electron chi connectivity index (χ3n) is 7.57. The number of amides is 2. The number of carboxylic acids is 1. The van der Waals surface area contributed by atoms with Crippen molar-refractivity contribution < 1.29 is 29.0 Å². The molecule has 0 saturated heterocycles. The van der Waals surface area contributed by atoms with Gasteiger partial charge < -0.3 is 20.1 Å². The lowest BCUT2D eigenvalue weighted by Gasteiger charge is -2.21. The number of thioether (sulfide) groups is 1. The molecule has 0 spiro atoms. The van der Waals surface area contributed by atoms with E-state index in [2.05, 4.69) is 5.32 Å². The first kappa shape index (κ1) is 33.7. The van der Waals surface area contributed by atoms with Gasteiger partial charge in [0.05, 0.1) is 12.0 Å². The number of rotatable bonds is 12. The Hall–Kier alpha value is -5.67. The second-order valence-electron chi connectivity index (χ2n) is 11.2. The molecule has 0 atom stereocenters. The quantitative estimate of drug-likeness (QED) is 0.0811. The zero-order valence-corrected chi connectivity index (χ0v) is 27.3. The minimum absolute atomic E-state index is 0.0215. The molecular formula is C39H34N2O6S. The first-order valence-corrected chi connectivity index (χ1v) is 16.4. The number of carbonyl (C=O) groups is 4. The minimum atomic E-state index is -1.16. The Bertz CT molecular complexity index is 1890. The van der Waals surface area contributed by atoms with Crippen LogP contribution < -0.4 is 10.1 Å². The number of aryl methyl sites for hydroxylation is 1. The van der Waals surface area contributed by atoms with Gasteiger partial charge >= 0.3 is 11.9 Å². The zero-order chi connectivity index (χ0) is 34.0. The van der Waals surface area contributed by atoms with Gasteiger partial charge in [-0.25, -0.2) is 4.79 Å². The summed E-state index contributed by atoms with van der Waals surface area (Å²) in [5.41, 5.74) is 5.95. The lowest BCUT2D eigenvalue weighted by molar-refractivity contribution is -0.137. The monoisotopic (exact) mass is 658 g/mol. The molecule has 5 aromatic rings. The number of nitrogens with one attached hydrogen (secondary N) is 1. The Kier molecular flexibility index (Phi) is 11.1. The first-order chi connectivity index (χ1) is 23.2. The minimum Gasteiger partial charge on any atom is -0.480 e. The number of nitrogens with zero attached hydrogens (tertiary/aromatic N) is 1. The van der Waals surface area contributed by atoms with Crippen molar-refractivity contribution in [2.45, 2.75) is 24.8 Å². The van der Waals surface area contributed by atoms with Crippen molar-refractivity contribution in [3.8, 4) is 16.9 Å². The molecule has 0 radical (unpaired) electrons. The summed E-state index contributed by atoms with van der Waals surface area (Å²) in [6.45, 7) is 1.54. The molecule has 242 valence electrons. The van der Waals surface area contributed by atoms with E-state index in [1.165, 1.54) is 10.5 Å². The summed E-state index contributed by atoms with van der Waals surface area (Å²) in [5, 5.41) is 12.3. The van der Waals surface area contributed by atoms with E-state index < -0.39 is 24.4 Å². The van der Waals surface area contributed by atoms with Crippen LogP contribution in [0, 0.1) is 6.92 Å². The fraction of sp³-hybridized carbons (Fsp3) is 0.128. The Morgan fingerprint density at radius 1 is 0.708 bits per heavy atom. The van der Waals surface area contributed by atoms with Crippen LogP contribution in [0.5, 0.6) is 5.75 Å². The van der Waals surface area contributed by atoms with Gasteiger partial charge in [0.2, 0.25) is 5.91 Å². The fourth-order valence-corrected chi connectivity index (χ4v) is 5.38. The van der Waals surface area contributed by atoms with Crippen LogP contribution in [0.3, 0.4) is 0 Å². The molecule has 0 bridgehead atoms. The van der Waals surface area contributed by atoms with Crippen molar-refractivity contribution in [2.75, 3.05) is 18.1 Å². The highest BCUT2D eigenvalue weighted by molar-refractivity contribution is 7.98. The second kappa shape index (κ2) is 15.8. The van der Waals surface area contributed by atoms with Gasteiger partial charge in [-0.05, 0) is 96.1 Å². The average Bonchev–Trinajstić information content (AvgIpc) is 3.09. The van der Waals surface area contributed by atoms with Crippen LogP contribution in [-0.4, -0.2) is 46.6 Å². The number of ether oxygens (including phenoxy) is 1. The van der Waals surface area contributed by atoms with Gasteiger partial charge in [-0.1, -0.05) is 66.2 Å². The van der Waals surface area contributed by atoms with Crippen molar-refractivity contribution in [3.63, 3.8) is 0 Å². The third-order valence-corrected chi connectivity index (χ3v) is 8.31. The van der Waals surface area contributed by atoms with Crippen LogP contribution in [-0.2, 0) is 22.6 Å². The van der Waals surface area contributed by atoms with E-state index >= 15 is 0 Å². The molecule has 0 heterocycles. The van der Waals surface area contributed by atoms with Gasteiger partial charge in [-0.2, -0.15) is 0 Å². The van der Waals surface area contributed by atoms with Crippen LogP contribution in [0.15, 0.2) is 126 Å². The Morgan fingerprint density at radius 3 is 1.85 bits per heavy atom. The lowest BCUT2D eigenvalue weighted by atomic mass is 10.0. The topological polar surface area (TPSA) is 113 Å². The van der Waals surface area contributed by atoms with Crippen LogP contribution in [0.4, 0.5) is 5.69 Å². The summed E-state index contributed by atoms with van der Waals surface area (Å²) in [6, 6.07) is 35.9. The Balaban J connectivity index is 1.17. The highest BCUT2D eigenvalue weighted by Crippen LogP contribution is 2.22. The average molecular weight is 659 g/mol. The smallest absolute Gasteiger partial charge is 0.343 e. The molecule has 48 heavy (non-hydrogen) atoms. The summed E-state index contributed by atoms with van der Waals surface area (Å²) < 4.78 is 5.54. The third kappa shape index (κ3) is 9.20. The molecule has 0 aliphatic carbocycles. The number of esters is 1. The summed E-state index contributed by atoms with van der Waals surface area (Å²) in [5.74, 6) is -2.02. The summed E-state index contributed by atoms with van der Waals surface area (Å²) in [7, 11) is 0. The maximum atomic E-state index is 13.3. The van der Waals surface area contributed by atoms with Crippen LogP contribution >= 0.6 is 11.8 Å². The molecule has 0 aliphatic rings. The molecule has 8 nitrogen and oxygen atoms in total. The second-order valence-corrected chi connectivity index (χ2v) is 12.1. The normalized spacial score (nSPS) is 10.6. The van der Waals surface area contributed by atoms with Crippen LogP contribution in [0.2, 0.25) is 0 Å². The van der Waals surface area contributed by atoms with E-state index in [9.17, 15) is 24.3 Å². The number of hydrogen-bond acceptors (Lipinski definition) is 6. The first-order valence-electron chi connectivity index (χ1n) is 15.2. The van der Waals surface area contributed by atoms with Gasteiger partial charge in [0, 0.05) is 22.7 Å². The molecule has 9 heteroatoms. The maximum Gasteiger partial charge on any atom is 0.343 e. The predicted octanol–water partition coefficient (Wildman–Crippen LogP) is 7.51. The van der Waals surface area contributed by atoms with Crippen molar-refractivity contribution in [1.29, 1.82) is 0 Å². The number of carboxylic acid groups (broad SMARTS) is 1. The van der Waals surface area contributed by atoms with Gasteiger partial charge in [0.1, 0.15) is 12.3 Å². The molecule has 2 N–H and O–H groups in total. The molecule has 5 aromatic carbocycles. The Labute approximate surface area is 283 Å². The highest BCUT2D eigenvalue weighted by atomic mass is 32.2. The molecule has 0 aliphatic heterocycles. The Morgan fingerprint density at radius 2 is 1.27 bits per heavy atom. The number of aliphatic carboxylic acids is 1. The molecule has 0 saturated carbocycles. The predicted molar refractivity (Wildman–Crippen MR) is 187 cm³/mol. The van der Waals surface area contributed by atoms with Crippen molar-refractivity contribution in [3.05, 3.63) is 149 Å². The SMILES string of the molecule is CSc1ccc(CC(=O)Nc2ccc(C(=O)N(CC(=O)O)Cc3ccc(OC(=O)c4ccc(-c5ccc(C)cc5)cc4)cc3)cc2)cc1. The van der Waals surface area contributed by atoms with Crippen molar-refractivity contribution in [2.24, 2.45) is 0 Å². The molecule has 5 rings (SSSR count). The van der Waals surface area contributed by atoms with Crippen LogP contribution in [0.1, 0.15) is 37.4 Å². The number of carbonyl (C=O) groups excluding carboxylic acids is 3. The van der Waals surface area contributed by atoms with Gasteiger partial charge in [0.25, 0.3) is 5.91 Å². The van der Waals surface area contributed by atoms with Gasteiger partial charge in [-0.3, -0.25) is 14.4 Å². The number of benzene rings is 5. The number of anilines is 1. The zero-order valence-electron chi connectivity index (χ0n) is 26.5. The number of hydrogen-bond donors (Lipinski definition) is 2. The highest BCUT2D eigenvalue weighted by Gasteiger charge is 2.20. The van der Waals surface area contributed by atoms with E-state index in [1.54, 1.807) is 72.4 Å². The fourth-order valence-electron chi connectivity index (χ4n) is 4.97. The van der Waals surface area contributed by atoms with Crippen molar-refractivity contribution >= 4 is 41.2 Å². The molecule has 0 unspecified atom stereocenters. The summed E-state index contributed by atoms with van der Waals surface area (Å²) >= 11 is 1.63.